The Bertz CT molecular complexity index is 789. The predicted octanol–water partition coefficient (Wildman–Crippen LogP) is 4.55. The number of aromatic nitrogens is 3. The molecule has 0 aliphatic heterocycles. The number of nitrogens with zero attached hydrogens (tertiary/aromatic N) is 4. The zero-order valence-electron chi connectivity index (χ0n) is 13.4. The predicted molar refractivity (Wildman–Crippen MR) is 94.8 cm³/mol. The monoisotopic (exact) mass is 362 g/mol. The molecule has 3 heterocycles. The van der Waals surface area contributed by atoms with Gasteiger partial charge in [0.2, 0.25) is 10.9 Å². The number of aryl methyl sites for hydroxylation is 1. The van der Waals surface area contributed by atoms with Gasteiger partial charge in [-0.25, -0.2) is 9.97 Å². The number of anilines is 1. The van der Waals surface area contributed by atoms with E-state index < -0.39 is 0 Å². The van der Waals surface area contributed by atoms with E-state index in [0.29, 0.717) is 27.7 Å². The van der Waals surface area contributed by atoms with Gasteiger partial charge in [-0.05, 0) is 19.1 Å². The minimum Gasteiger partial charge on any atom is -0.441 e. The summed E-state index contributed by atoms with van der Waals surface area (Å²) >= 11 is 7.27. The third-order valence-corrected chi connectivity index (χ3v) is 4.20. The van der Waals surface area contributed by atoms with Gasteiger partial charge in [0, 0.05) is 38.1 Å². The van der Waals surface area contributed by atoms with Crippen LogP contribution in [-0.2, 0) is 0 Å². The van der Waals surface area contributed by atoms with E-state index in [4.69, 9.17) is 21.1 Å². The van der Waals surface area contributed by atoms with Crippen molar-refractivity contribution in [2.75, 3.05) is 19.0 Å². The maximum Gasteiger partial charge on any atom is 0.278 e. The lowest BCUT2D eigenvalue weighted by molar-refractivity contribution is 0.405. The summed E-state index contributed by atoms with van der Waals surface area (Å²) in [5.74, 6) is 1.38. The number of ether oxygens (including phenoxy) is 2. The second-order valence-electron chi connectivity index (χ2n) is 5.12. The molecule has 0 saturated heterocycles. The zero-order chi connectivity index (χ0) is 17.1. The van der Waals surface area contributed by atoms with Gasteiger partial charge in [-0.1, -0.05) is 29.0 Å². The minimum atomic E-state index is 0.354. The van der Waals surface area contributed by atoms with Gasteiger partial charge in [0.1, 0.15) is 10.9 Å². The number of rotatable bonds is 5. The van der Waals surface area contributed by atoms with Crippen molar-refractivity contribution < 1.29 is 9.47 Å². The maximum absolute atomic E-state index is 5.90. The van der Waals surface area contributed by atoms with E-state index >= 15 is 0 Å². The average molecular weight is 363 g/mol. The summed E-state index contributed by atoms with van der Waals surface area (Å²) < 4.78 is 11.7. The molecular formula is C16H15ClN4O2S. The summed E-state index contributed by atoms with van der Waals surface area (Å²) in [6.45, 7) is 1.90. The first kappa shape index (κ1) is 16.5. The van der Waals surface area contributed by atoms with Crippen LogP contribution in [0.3, 0.4) is 0 Å². The molecule has 0 aliphatic rings. The minimum absolute atomic E-state index is 0.354. The summed E-state index contributed by atoms with van der Waals surface area (Å²) in [7, 11) is 3.81. The Hall–Kier alpha value is -2.38. The Morgan fingerprint density at radius 3 is 2.67 bits per heavy atom. The molecule has 0 fully saturated rings. The van der Waals surface area contributed by atoms with E-state index in [9.17, 15) is 0 Å². The van der Waals surface area contributed by atoms with E-state index in [-0.39, 0.29) is 0 Å². The van der Waals surface area contributed by atoms with Gasteiger partial charge in [-0.2, -0.15) is 4.98 Å². The standard InChI is InChI=1S/C16H15ClN4O2S/c1-10-5-4-6-13(19-10)23-14-15(24-16(20-14)21(2)3)22-11-7-8-18-12(17)9-11/h4-9H,1-3H3. The molecule has 6 nitrogen and oxygen atoms in total. The fourth-order valence-electron chi connectivity index (χ4n) is 1.83. The first-order chi connectivity index (χ1) is 11.5. The van der Waals surface area contributed by atoms with Gasteiger partial charge < -0.3 is 14.4 Å². The van der Waals surface area contributed by atoms with E-state index in [1.165, 1.54) is 11.3 Å². The first-order valence-corrected chi connectivity index (χ1v) is 8.30. The van der Waals surface area contributed by atoms with Gasteiger partial charge in [-0.15, -0.1) is 0 Å². The SMILES string of the molecule is Cc1cccc(Oc2nc(N(C)C)sc2Oc2ccnc(Cl)c2)n1. The van der Waals surface area contributed by atoms with Crippen molar-refractivity contribution in [2.45, 2.75) is 6.92 Å². The fraction of sp³-hybridized carbons (Fsp3) is 0.188. The highest BCUT2D eigenvalue weighted by Crippen LogP contribution is 2.42. The molecular weight excluding hydrogens is 348 g/mol. The van der Waals surface area contributed by atoms with Crippen LogP contribution in [0.4, 0.5) is 5.13 Å². The molecule has 3 aromatic rings. The topological polar surface area (TPSA) is 60.4 Å². The molecule has 124 valence electrons. The van der Waals surface area contributed by atoms with Crippen LogP contribution >= 0.6 is 22.9 Å². The molecule has 0 saturated carbocycles. The Morgan fingerprint density at radius 2 is 1.96 bits per heavy atom. The van der Waals surface area contributed by atoms with Crippen molar-refractivity contribution in [1.82, 2.24) is 15.0 Å². The van der Waals surface area contributed by atoms with Crippen molar-refractivity contribution in [3.8, 4) is 22.6 Å². The van der Waals surface area contributed by atoms with Crippen molar-refractivity contribution in [2.24, 2.45) is 0 Å². The molecule has 0 radical (unpaired) electrons. The van der Waals surface area contributed by atoms with Gasteiger partial charge in [0.25, 0.3) is 5.88 Å². The molecule has 0 atom stereocenters. The van der Waals surface area contributed by atoms with Crippen LogP contribution in [-0.4, -0.2) is 29.0 Å². The fourth-order valence-corrected chi connectivity index (χ4v) is 2.78. The van der Waals surface area contributed by atoms with Crippen LogP contribution in [0.25, 0.3) is 0 Å². The van der Waals surface area contributed by atoms with Gasteiger partial charge in [-0.3, -0.25) is 0 Å². The highest BCUT2D eigenvalue weighted by atomic mass is 35.5. The highest BCUT2D eigenvalue weighted by molar-refractivity contribution is 7.17. The molecule has 0 amide bonds. The Kier molecular flexibility index (Phi) is 4.82. The maximum atomic E-state index is 5.90. The number of halogens is 1. The van der Waals surface area contributed by atoms with Crippen molar-refractivity contribution in [3.63, 3.8) is 0 Å². The largest absolute Gasteiger partial charge is 0.441 e. The van der Waals surface area contributed by atoms with Crippen molar-refractivity contribution in [1.29, 1.82) is 0 Å². The number of thiazole rings is 1. The van der Waals surface area contributed by atoms with Crippen molar-refractivity contribution in [3.05, 3.63) is 47.4 Å². The Labute approximate surface area is 148 Å². The van der Waals surface area contributed by atoms with Crippen molar-refractivity contribution >= 4 is 28.1 Å². The van der Waals surface area contributed by atoms with Crippen LogP contribution in [0.15, 0.2) is 36.5 Å². The summed E-state index contributed by atoms with van der Waals surface area (Å²) in [6, 6.07) is 8.89. The second-order valence-corrected chi connectivity index (χ2v) is 6.45. The molecule has 0 spiro atoms. The first-order valence-electron chi connectivity index (χ1n) is 7.10. The summed E-state index contributed by atoms with van der Waals surface area (Å²) in [5.41, 5.74) is 0.860. The lowest BCUT2D eigenvalue weighted by atomic mass is 10.4. The number of hydrogen-bond acceptors (Lipinski definition) is 7. The molecule has 0 aromatic carbocycles. The quantitative estimate of drug-likeness (QED) is 0.621. The Morgan fingerprint density at radius 1 is 1.12 bits per heavy atom. The molecule has 0 unspecified atom stereocenters. The summed E-state index contributed by atoms with van der Waals surface area (Å²) in [5, 5.41) is 1.63. The van der Waals surface area contributed by atoms with E-state index in [1.54, 1.807) is 24.4 Å². The summed E-state index contributed by atoms with van der Waals surface area (Å²) in [4.78, 5) is 14.6. The lowest BCUT2D eigenvalue weighted by Crippen LogP contribution is -2.07. The average Bonchev–Trinajstić information content (AvgIpc) is 2.90. The summed E-state index contributed by atoms with van der Waals surface area (Å²) in [6.07, 6.45) is 1.58. The van der Waals surface area contributed by atoms with E-state index in [0.717, 1.165) is 10.8 Å². The molecule has 3 rings (SSSR count). The highest BCUT2D eigenvalue weighted by Gasteiger charge is 2.18. The van der Waals surface area contributed by atoms with E-state index in [1.807, 2.05) is 38.1 Å². The van der Waals surface area contributed by atoms with Gasteiger partial charge >= 0.3 is 0 Å². The van der Waals surface area contributed by atoms with Crippen LogP contribution in [0.1, 0.15) is 5.69 Å². The zero-order valence-corrected chi connectivity index (χ0v) is 14.9. The van der Waals surface area contributed by atoms with Gasteiger partial charge in [0.05, 0.1) is 0 Å². The van der Waals surface area contributed by atoms with Crippen LogP contribution < -0.4 is 14.4 Å². The lowest BCUT2D eigenvalue weighted by Gasteiger charge is -2.06. The molecule has 0 bridgehead atoms. The molecule has 8 heteroatoms. The number of pyridine rings is 2. The third-order valence-electron chi connectivity index (χ3n) is 2.91. The molecule has 24 heavy (non-hydrogen) atoms. The Balaban J connectivity index is 1.92. The van der Waals surface area contributed by atoms with E-state index in [2.05, 4.69) is 15.0 Å². The number of hydrogen-bond donors (Lipinski definition) is 0. The third kappa shape index (κ3) is 3.93. The van der Waals surface area contributed by atoms with Gasteiger partial charge in [0.15, 0.2) is 5.13 Å². The smallest absolute Gasteiger partial charge is 0.278 e. The normalized spacial score (nSPS) is 10.5. The van der Waals surface area contributed by atoms with Crippen LogP contribution in [0.5, 0.6) is 22.6 Å². The molecule has 3 aromatic heterocycles. The molecule has 0 N–H and O–H groups in total. The molecule has 0 aliphatic carbocycles. The van der Waals surface area contributed by atoms with Crippen LogP contribution in [0.2, 0.25) is 5.15 Å². The van der Waals surface area contributed by atoms with Crippen LogP contribution in [0, 0.1) is 6.92 Å². The second kappa shape index (κ2) is 7.02.